The van der Waals surface area contributed by atoms with E-state index in [2.05, 4.69) is 5.32 Å². The number of carbonyl (C=O) groups is 2. The lowest BCUT2D eigenvalue weighted by Crippen LogP contribution is -2.48. The number of halogens is 1. The number of carbonyl (C=O) groups excluding carboxylic acids is 1. The SMILES string of the molecule is O=C(NC1(C(=O)O)CC1)[C@@H]1Cc2cc(Cl)ccc2O1. The fraction of sp³-hybridized carbons (Fsp3) is 0.385. The minimum atomic E-state index is -1.08. The van der Waals surface area contributed by atoms with Crippen molar-refractivity contribution in [1.82, 2.24) is 5.32 Å². The fourth-order valence-electron chi connectivity index (χ4n) is 2.20. The minimum absolute atomic E-state index is 0.382. The van der Waals surface area contributed by atoms with Crippen LogP contribution in [0.5, 0.6) is 5.75 Å². The molecule has 1 aromatic rings. The van der Waals surface area contributed by atoms with Gasteiger partial charge >= 0.3 is 5.97 Å². The summed E-state index contributed by atoms with van der Waals surface area (Å²) < 4.78 is 5.51. The first kappa shape index (κ1) is 12.3. The molecule has 6 heteroatoms. The summed E-state index contributed by atoms with van der Waals surface area (Å²) in [6, 6.07) is 5.17. The molecule has 0 radical (unpaired) electrons. The number of carboxylic acid groups (broad SMARTS) is 1. The van der Waals surface area contributed by atoms with Crippen LogP contribution in [0.4, 0.5) is 0 Å². The average Bonchev–Trinajstić information content (AvgIpc) is 3.01. The van der Waals surface area contributed by atoms with E-state index in [1.807, 2.05) is 0 Å². The highest BCUT2D eigenvalue weighted by Crippen LogP contribution is 2.37. The van der Waals surface area contributed by atoms with Crippen LogP contribution in [-0.4, -0.2) is 28.6 Å². The first-order valence-electron chi connectivity index (χ1n) is 6.01. The Morgan fingerprint density at radius 1 is 1.42 bits per heavy atom. The monoisotopic (exact) mass is 281 g/mol. The molecule has 2 N–H and O–H groups in total. The molecule has 0 unspecified atom stereocenters. The molecule has 0 aromatic heterocycles. The van der Waals surface area contributed by atoms with E-state index in [-0.39, 0.29) is 5.91 Å². The summed E-state index contributed by atoms with van der Waals surface area (Å²) >= 11 is 5.87. The smallest absolute Gasteiger partial charge is 0.329 e. The first-order chi connectivity index (χ1) is 9.00. The van der Waals surface area contributed by atoms with E-state index in [1.165, 1.54) is 0 Å². The van der Waals surface area contributed by atoms with Gasteiger partial charge in [0.25, 0.3) is 5.91 Å². The maximum atomic E-state index is 12.0. The van der Waals surface area contributed by atoms with Crippen LogP contribution in [0.2, 0.25) is 5.02 Å². The van der Waals surface area contributed by atoms with Crippen molar-refractivity contribution >= 4 is 23.5 Å². The van der Waals surface area contributed by atoms with Gasteiger partial charge in [-0.05, 0) is 36.6 Å². The molecule has 1 aliphatic carbocycles. The van der Waals surface area contributed by atoms with Crippen LogP contribution >= 0.6 is 11.6 Å². The molecule has 1 saturated carbocycles. The third-order valence-corrected chi connectivity index (χ3v) is 3.75. The van der Waals surface area contributed by atoms with E-state index in [9.17, 15) is 9.59 Å². The van der Waals surface area contributed by atoms with Gasteiger partial charge in [0.2, 0.25) is 0 Å². The Hall–Kier alpha value is -1.75. The number of ether oxygens (including phenoxy) is 1. The largest absolute Gasteiger partial charge is 0.480 e. The summed E-state index contributed by atoms with van der Waals surface area (Å²) in [6.07, 6.45) is 0.682. The number of benzene rings is 1. The van der Waals surface area contributed by atoms with Crippen molar-refractivity contribution in [3.8, 4) is 5.75 Å². The molecule has 0 saturated heterocycles. The van der Waals surface area contributed by atoms with Gasteiger partial charge in [0.15, 0.2) is 6.10 Å². The zero-order valence-electron chi connectivity index (χ0n) is 9.98. The van der Waals surface area contributed by atoms with Crippen molar-refractivity contribution in [1.29, 1.82) is 0 Å². The quantitative estimate of drug-likeness (QED) is 0.877. The van der Waals surface area contributed by atoms with E-state index in [1.54, 1.807) is 18.2 Å². The first-order valence-corrected chi connectivity index (χ1v) is 6.38. The zero-order valence-corrected chi connectivity index (χ0v) is 10.7. The van der Waals surface area contributed by atoms with Gasteiger partial charge in [-0.1, -0.05) is 11.6 Å². The molecule has 0 spiro atoms. The Balaban J connectivity index is 1.69. The standard InChI is InChI=1S/C13H12ClNO4/c14-8-1-2-9-7(5-8)6-10(19-9)11(16)15-13(3-4-13)12(17)18/h1-2,5,10H,3-4,6H2,(H,15,16)(H,17,18)/t10-/m0/s1. The van der Waals surface area contributed by atoms with Crippen molar-refractivity contribution < 1.29 is 19.4 Å². The van der Waals surface area contributed by atoms with Gasteiger partial charge in [0.05, 0.1) is 0 Å². The van der Waals surface area contributed by atoms with Gasteiger partial charge in [0, 0.05) is 11.4 Å². The molecule has 1 fully saturated rings. The number of hydrogen-bond donors (Lipinski definition) is 2. The number of carboxylic acids is 1. The molecule has 100 valence electrons. The maximum Gasteiger partial charge on any atom is 0.329 e. The average molecular weight is 282 g/mol. The molecule has 2 aliphatic rings. The van der Waals surface area contributed by atoms with Gasteiger partial charge < -0.3 is 15.2 Å². The summed E-state index contributed by atoms with van der Waals surface area (Å²) in [6.45, 7) is 0. The molecule has 5 nitrogen and oxygen atoms in total. The summed E-state index contributed by atoms with van der Waals surface area (Å²) in [7, 11) is 0. The van der Waals surface area contributed by atoms with Crippen LogP contribution in [-0.2, 0) is 16.0 Å². The summed E-state index contributed by atoms with van der Waals surface area (Å²) in [5.41, 5.74) is -0.208. The van der Waals surface area contributed by atoms with Crippen molar-refractivity contribution in [2.75, 3.05) is 0 Å². The Labute approximate surface area is 114 Å². The summed E-state index contributed by atoms with van der Waals surface area (Å²) in [5.74, 6) is -0.739. The maximum absolute atomic E-state index is 12.0. The highest BCUT2D eigenvalue weighted by Gasteiger charge is 2.52. The van der Waals surface area contributed by atoms with E-state index in [0.717, 1.165) is 5.56 Å². The molecule has 1 atom stereocenters. The lowest BCUT2D eigenvalue weighted by atomic mass is 10.1. The number of aliphatic carboxylic acids is 1. The summed E-state index contributed by atoms with van der Waals surface area (Å²) in [4.78, 5) is 23.1. The molecule has 1 heterocycles. The van der Waals surface area contributed by atoms with Crippen molar-refractivity contribution in [3.63, 3.8) is 0 Å². The molecule has 0 bridgehead atoms. The topological polar surface area (TPSA) is 75.6 Å². The second kappa shape index (κ2) is 4.13. The number of fused-ring (bicyclic) bond motifs is 1. The van der Waals surface area contributed by atoms with Gasteiger partial charge in [-0.15, -0.1) is 0 Å². The van der Waals surface area contributed by atoms with Gasteiger partial charge in [-0.25, -0.2) is 4.79 Å². The third-order valence-electron chi connectivity index (χ3n) is 3.51. The number of rotatable bonds is 3. The highest BCUT2D eigenvalue weighted by molar-refractivity contribution is 6.30. The molecule has 19 heavy (non-hydrogen) atoms. The second-order valence-electron chi connectivity index (χ2n) is 4.94. The molecular weight excluding hydrogens is 270 g/mol. The van der Waals surface area contributed by atoms with E-state index >= 15 is 0 Å². The molecule has 1 amide bonds. The van der Waals surface area contributed by atoms with Gasteiger partial charge in [-0.2, -0.15) is 0 Å². The second-order valence-corrected chi connectivity index (χ2v) is 5.38. The predicted molar refractivity (Wildman–Crippen MR) is 67.3 cm³/mol. The van der Waals surface area contributed by atoms with Crippen LogP contribution in [0.3, 0.4) is 0 Å². The molecule has 1 aliphatic heterocycles. The van der Waals surface area contributed by atoms with Gasteiger partial charge in [-0.3, -0.25) is 4.79 Å². The fourth-order valence-corrected chi connectivity index (χ4v) is 2.39. The zero-order chi connectivity index (χ0) is 13.6. The van der Waals surface area contributed by atoms with Crippen LogP contribution in [0.25, 0.3) is 0 Å². The number of nitrogens with one attached hydrogen (secondary N) is 1. The van der Waals surface area contributed by atoms with Crippen LogP contribution in [0, 0.1) is 0 Å². The van der Waals surface area contributed by atoms with Crippen LogP contribution < -0.4 is 10.1 Å². The number of amides is 1. The Morgan fingerprint density at radius 2 is 2.16 bits per heavy atom. The molecular formula is C13H12ClNO4. The Bertz CT molecular complexity index is 568. The third kappa shape index (κ3) is 2.14. The van der Waals surface area contributed by atoms with Crippen molar-refractivity contribution in [2.24, 2.45) is 0 Å². The Kier molecular flexibility index (Phi) is 2.67. The highest BCUT2D eigenvalue weighted by atomic mass is 35.5. The molecule has 3 rings (SSSR count). The van der Waals surface area contributed by atoms with E-state index in [0.29, 0.717) is 30.0 Å². The van der Waals surface area contributed by atoms with Crippen LogP contribution in [0.15, 0.2) is 18.2 Å². The van der Waals surface area contributed by atoms with Crippen molar-refractivity contribution in [3.05, 3.63) is 28.8 Å². The van der Waals surface area contributed by atoms with Crippen molar-refractivity contribution in [2.45, 2.75) is 30.9 Å². The lowest BCUT2D eigenvalue weighted by Gasteiger charge is -2.16. The minimum Gasteiger partial charge on any atom is -0.480 e. The number of hydrogen-bond acceptors (Lipinski definition) is 3. The summed E-state index contributed by atoms with van der Waals surface area (Å²) in [5, 5.41) is 12.2. The normalized spacial score (nSPS) is 22.3. The van der Waals surface area contributed by atoms with Crippen LogP contribution in [0.1, 0.15) is 18.4 Å². The Morgan fingerprint density at radius 3 is 2.79 bits per heavy atom. The molecule has 1 aromatic carbocycles. The van der Waals surface area contributed by atoms with E-state index in [4.69, 9.17) is 21.4 Å². The van der Waals surface area contributed by atoms with E-state index < -0.39 is 17.6 Å². The van der Waals surface area contributed by atoms with Gasteiger partial charge in [0.1, 0.15) is 11.3 Å². The lowest BCUT2D eigenvalue weighted by molar-refractivity contribution is -0.144. The predicted octanol–water partition coefficient (Wildman–Crippen LogP) is 1.38.